The predicted molar refractivity (Wildman–Crippen MR) is 100.0 cm³/mol. The van der Waals surface area contributed by atoms with Gasteiger partial charge in [0, 0.05) is 29.4 Å². The van der Waals surface area contributed by atoms with Crippen molar-refractivity contribution < 1.29 is 9.59 Å². The van der Waals surface area contributed by atoms with Gasteiger partial charge in [0.15, 0.2) is 5.82 Å². The number of rotatable bonds is 4. The highest BCUT2D eigenvalue weighted by molar-refractivity contribution is 6.05. The highest BCUT2D eigenvalue weighted by atomic mass is 16.2. The van der Waals surface area contributed by atoms with Gasteiger partial charge in [0.25, 0.3) is 5.91 Å². The van der Waals surface area contributed by atoms with Crippen molar-refractivity contribution in [3.05, 3.63) is 59.4 Å². The number of benzene rings is 2. The quantitative estimate of drug-likeness (QED) is 0.673. The molecule has 0 aliphatic heterocycles. The minimum Gasteiger partial charge on any atom is -0.326 e. The van der Waals surface area contributed by atoms with Crippen LogP contribution in [0.4, 0.5) is 11.4 Å². The van der Waals surface area contributed by atoms with Crippen LogP contribution in [0.2, 0.25) is 0 Å². The Labute approximate surface area is 150 Å². The molecule has 0 aliphatic rings. The molecule has 3 N–H and O–H groups in total. The number of nitrogens with zero attached hydrogens (tertiary/aromatic N) is 2. The lowest BCUT2D eigenvalue weighted by molar-refractivity contribution is -0.114. The molecule has 3 aromatic rings. The van der Waals surface area contributed by atoms with E-state index in [1.807, 2.05) is 32.0 Å². The van der Waals surface area contributed by atoms with E-state index in [1.165, 1.54) is 6.92 Å². The van der Waals surface area contributed by atoms with Gasteiger partial charge in [0.1, 0.15) is 5.82 Å². The second-order valence-corrected chi connectivity index (χ2v) is 5.99. The van der Waals surface area contributed by atoms with Crippen molar-refractivity contribution in [3.63, 3.8) is 0 Å². The van der Waals surface area contributed by atoms with Gasteiger partial charge in [0.2, 0.25) is 5.91 Å². The molecular weight excluding hydrogens is 330 g/mol. The summed E-state index contributed by atoms with van der Waals surface area (Å²) in [5.74, 6) is 0.849. The van der Waals surface area contributed by atoms with Gasteiger partial charge < -0.3 is 10.6 Å². The minimum absolute atomic E-state index is 0.180. The standard InChI is InChI=1S/C19H19N5O2/c1-11-7-8-15(10-17(11)21-13(3)25)19(26)22-16-6-4-5-14(9-16)18-20-12(2)23-24-18/h4-10H,1-3H3,(H,21,25)(H,22,26)(H,20,23,24). The molecular formula is C19H19N5O2. The van der Waals surface area contributed by atoms with E-state index in [2.05, 4.69) is 25.8 Å². The van der Waals surface area contributed by atoms with E-state index >= 15 is 0 Å². The van der Waals surface area contributed by atoms with Gasteiger partial charge in [-0.25, -0.2) is 4.98 Å². The lowest BCUT2D eigenvalue weighted by Gasteiger charge is -2.10. The Bertz CT molecular complexity index is 978. The van der Waals surface area contributed by atoms with E-state index in [4.69, 9.17) is 0 Å². The third-order valence-electron chi connectivity index (χ3n) is 3.79. The molecule has 0 saturated heterocycles. The van der Waals surface area contributed by atoms with E-state index in [0.29, 0.717) is 22.8 Å². The molecule has 2 amide bonds. The highest BCUT2D eigenvalue weighted by Gasteiger charge is 2.11. The van der Waals surface area contributed by atoms with Crippen LogP contribution in [0.5, 0.6) is 0 Å². The van der Waals surface area contributed by atoms with Gasteiger partial charge in [-0.15, -0.1) is 0 Å². The third-order valence-corrected chi connectivity index (χ3v) is 3.79. The van der Waals surface area contributed by atoms with Gasteiger partial charge >= 0.3 is 0 Å². The van der Waals surface area contributed by atoms with E-state index in [0.717, 1.165) is 17.0 Å². The Morgan fingerprint density at radius 2 is 1.85 bits per heavy atom. The summed E-state index contributed by atoms with van der Waals surface area (Å²) in [6.45, 7) is 5.13. The molecule has 7 heteroatoms. The molecule has 0 bridgehead atoms. The zero-order valence-electron chi connectivity index (χ0n) is 14.8. The number of hydrogen-bond acceptors (Lipinski definition) is 4. The van der Waals surface area contributed by atoms with Crippen molar-refractivity contribution in [2.45, 2.75) is 20.8 Å². The van der Waals surface area contributed by atoms with Crippen LogP contribution in [0.1, 0.15) is 28.7 Å². The zero-order valence-corrected chi connectivity index (χ0v) is 14.8. The summed E-state index contributed by atoms with van der Waals surface area (Å²) in [7, 11) is 0. The van der Waals surface area contributed by atoms with Crippen LogP contribution >= 0.6 is 0 Å². The third kappa shape index (κ3) is 3.94. The first kappa shape index (κ1) is 17.3. The average molecular weight is 349 g/mol. The fourth-order valence-corrected chi connectivity index (χ4v) is 2.50. The Balaban J connectivity index is 1.81. The van der Waals surface area contributed by atoms with Gasteiger partial charge in [-0.1, -0.05) is 18.2 Å². The van der Waals surface area contributed by atoms with E-state index in [1.54, 1.807) is 24.3 Å². The maximum Gasteiger partial charge on any atom is 0.255 e. The molecule has 0 aliphatic carbocycles. The number of H-pyrrole nitrogens is 1. The number of aryl methyl sites for hydroxylation is 2. The molecule has 7 nitrogen and oxygen atoms in total. The number of aromatic nitrogens is 3. The van der Waals surface area contributed by atoms with Crippen LogP contribution in [0.25, 0.3) is 11.4 Å². The molecule has 1 heterocycles. The van der Waals surface area contributed by atoms with Crippen LogP contribution in [0, 0.1) is 13.8 Å². The number of hydrogen-bond donors (Lipinski definition) is 3. The second kappa shape index (κ2) is 7.18. The van der Waals surface area contributed by atoms with Crippen LogP contribution in [0.15, 0.2) is 42.5 Å². The molecule has 26 heavy (non-hydrogen) atoms. The van der Waals surface area contributed by atoms with Crippen molar-refractivity contribution in [1.29, 1.82) is 0 Å². The second-order valence-electron chi connectivity index (χ2n) is 5.99. The number of carbonyl (C=O) groups is 2. The number of amides is 2. The predicted octanol–water partition coefficient (Wildman–Crippen LogP) is 3.30. The molecule has 0 unspecified atom stereocenters. The lowest BCUT2D eigenvalue weighted by atomic mass is 10.1. The highest BCUT2D eigenvalue weighted by Crippen LogP contribution is 2.21. The van der Waals surface area contributed by atoms with Crippen LogP contribution in [-0.4, -0.2) is 27.0 Å². The van der Waals surface area contributed by atoms with Gasteiger partial charge in [-0.05, 0) is 43.7 Å². The molecule has 0 fully saturated rings. The van der Waals surface area contributed by atoms with Crippen molar-refractivity contribution in [2.24, 2.45) is 0 Å². The first-order valence-corrected chi connectivity index (χ1v) is 8.11. The first-order valence-electron chi connectivity index (χ1n) is 8.11. The molecule has 132 valence electrons. The van der Waals surface area contributed by atoms with Crippen molar-refractivity contribution in [1.82, 2.24) is 15.2 Å². The van der Waals surface area contributed by atoms with E-state index < -0.39 is 0 Å². The Kier molecular flexibility index (Phi) is 4.79. The van der Waals surface area contributed by atoms with E-state index in [-0.39, 0.29) is 11.8 Å². The summed E-state index contributed by atoms with van der Waals surface area (Å²) in [5, 5.41) is 12.5. The van der Waals surface area contributed by atoms with Crippen molar-refractivity contribution in [3.8, 4) is 11.4 Å². The molecule has 0 saturated carbocycles. The topological polar surface area (TPSA) is 99.8 Å². The molecule has 3 rings (SSSR count). The Morgan fingerprint density at radius 1 is 1.04 bits per heavy atom. The average Bonchev–Trinajstić information content (AvgIpc) is 3.03. The normalized spacial score (nSPS) is 10.4. The summed E-state index contributed by atoms with van der Waals surface area (Å²) in [4.78, 5) is 28.1. The van der Waals surface area contributed by atoms with E-state index in [9.17, 15) is 9.59 Å². The monoisotopic (exact) mass is 349 g/mol. The number of nitrogens with one attached hydrogen (secondary N) is 3. The van der Waals surface area contributed by atoms with Crippen LogP contribution < -0.4 is 10.6 Å². The molecule has 2 aromatic carbocycles. The van der Waals surface area contributed by atoms with Gasteiger partial charge in [-0.2, -0.15) is 5.10 Å². The summed E-state index contributed by atoms with van der Waals surface area (Å²) in [5.41, 5.74) is 3.40. The number of carbonyl (C=O) groups excluding carboxylic acids is 2. The lowest BCUT2D eigenvalue weighted by Crippen LogP contribution is -2.13. The molecule has 0 radical (unpaired) electrons. The largest absolute Gasteiger partial charge is 0.326 e. The Morgan fingerprint density at radius 3 is 2.54 bits per heavy atom. The van der Waals surface area contributed by atoms with Crippen LogP contribution in [-0.2, 0) is 4.79 Å². The van der Waals surface area contributed by atoms with Gasteiger partial charge in [-0.3, -0.25) is 14.7 Å². The summed E-state index contributed by atoms with van der Waals surface area (Å²) in [6.07, 6.45) is 0. The maximum absolute atomic E-state index is 12.6. The molecule has 0 spiro atoms. The van der Waals surface area contributed by atoms with Crippen molar-refractivity contribution in [2.75, 3.05) is 10.6 Å². The van der Waals surface area contributed by atoms with Crippen LogP contribution in [0.3, 0.4) is 0 Å². The summed E-state index contributed by atoms with van der Waals surface area (Å²) >= 11 is 0. The zero-order chi connectivity index (χ0) is 18.7. The summed E-state index contributed by atoms with van der Waals surface area (Å²) < 4.78 is 0. The Hall–Kier alpha value is -3.48. The SMILES string of the molecule is CC(=O)Nc1cc(C(=O)Nc2cccc(-c3n[nH]c(C)n3)c2)ccc1C. The number of anilines is 2. The first-order chi connectivity index (χ1) is 12.4. The van der Waals surface area contributed by atoms with Gasteiger partial charge in [0.05, 0.1) is 0 Å². The fraction of sp³-hybridized carbons (Fsp3) is 0.158. The smallest absolute Gasteiger partial charge is 0.255 e. The minimum atomic E-state index is -0.264. The molecule has 0 atom stereocenters. The maximum atomic E-state index is 12.6. The fourth-order valence-electron chi connectivity index (χ4n) is 2.50. The molecule has 1 aromatic heterocycles. The van der Waals surface area contributed by atoms with Crippen molar-refractivity contribution >= 4 is 23.2 Å². The number of aromatic amines is 1. The summed E-state index contributed by atoms with van der Waals surface area (Å²) in [6, 6.07) is 12.5.